The molecule has 0 bridgehead atoms. The quantitative estimate of drug-likeness (QED) is 0.944. The highest BCUT2D eigenvalue weighted by Crippen LogP contribution is 2.35. The molecule has 0 aromatic carbocycles. The first-order valence-corrected chi connectivity index (χ1v) is 8.33. The summed E-state index contributed by atoms with van der Waals surface area (Å²) in [5.74, 6) is -0.308. The van der Waals surface area contributed by atoms with Gasteiger partial charge in [0.05, 0.1) is 37.0 Å². The number of nitrogens with one attached hydrogen (secondary N) is 1. The molecule has 6 heteroatoms. The van der Waals surface area contributed by atoms with Gasteiger partial charge in [0, 0.05) is 31.3 Å². The molecule has 122 valence electrons. The normalized spacial score (nSPS) is 23.7. The smallest absolute Gasteiger partial charge is 0.168 e. The Balaban J connectivity index is 1.40. The number of anilines is 1. The Hall–Kier alpha value is -1.92. The fourth-order valence-corrected chi connectivity index (χ4v) is 3.48. The Labute approximate surface area is 135 Å². The van der Waals surface area contributed by atoms with Crippen LogP contribution in [0.4, 0.5) is 5.69 Å². The van der Waals surface area contributed by atoms with Crippen molar-refractivity contribution in [3.8, 4) is 5.69 Å². The first kappa shape index (κ1) is 14.7. The lowest BCUT2D eigenvalue weighted by atomic mass is 10.1. The average Bonchev–Trinajstić information content (AvgIpc) is 3.18. The van der Waals surface area contributed by atoms with Gasteiger partial charge < -0.3 is 14.8 Å². The zero-order chi connectivity index (χ0) is 15.5. The first-order chi connectivity index (χ1) is 11.3. The minimum absolute atomic E-state index is 0.308. The van der Waals surface area contributed by atoms with Crippen LogP contribution in [0.5, 0.6) is 0 Å². The van der Waals surface area contributed by atoms with Gasteiger partial charge in [0.2, 0.25) is 0 Å². The van der Waals surface area contributed by atoms with Gasteiger partial charge >= 0.3 is 0 Å². The zero-order valence-corrected chi connectivity index (χ0v) is 13.1. The van der Waals surface area contributed by atoms with Crippen molar-refractivity contribution in [3.63, 3.8) is 0 Å². The number of nitrogens with zero attached hydrogens (tertiary/aromatic N) is 3. The molecule has 1 unspecified atom stereocenters. The summed E-state index contributed by atoms with van der Waals surface area (Å²) in [5.41, 5.74) is 2.07. The second-order valence-electron chi connectivity index (χ2n) is 6.26. The lowest BCUT2D eigenvalue weighted by Crippen LogP contribution is -2.29. The van der Waals surface area contributed by atoms with Crippen LogP contribution in [0.1, 0.15) is 32.1 Å². The van der Waals surface area contributed by atoms with Crippen LogP contribution in [0.2, 0.25) is 0 Å². The van der Waals surface area contributed by atoms with E-state index in [0.29, 0.717) is 6.04 Å². The summed E-state index contributed by atoms with van der Waals surface area (Å²) in [6, 6.07) is 4.33. The zero-order valence-electron chi connectivity index (χ0n) is 13.1. The number of aromatic nitrogens is 3. The van der Waals surface area contributed by atoms with Gasteiger partial charge in [0.25, 0.3) is 0 Å². The number of hydrogen-bond donors (Lipinski definition) is 1. The van der Waals surface area contributed by atoms with Gasteiger partial charge in [0.15, 0.2) is 5.79 Å². The maximum absolute atomic E-state index is 5.85. The van der Waals surface area contributed by atoms with Crippen LogP contribution in [-0.4, -0.2) is 39.8 Å². The second-order valence-corrected chi connectivity index (χ2v) is 6.26. The van der Waals surface area contributed by atoms with Crippen LogP contribution in [0, 0.1) is 0 Å². The molecule has 2 aromatic rings. The van der Waals surface area contributed by atoms with E-state index < -0.39 is 0 Å². The van der Waals surface area contributed by atoms with Crippen molar-refractivity contribution in [2.75, 3.05) is 18.5 Å². The predicted molar refractivity (Wildman–Crippen MR) is 86.5 cm³/mol. The lowest BCUT2D eigenvalue weighted by molar-refractivity contribution is -0.165. The first-order valence-electron chi connectivity index (χ1n) is 8.33. The molecule has 3 heterocycles. The molecule has 1 aliphatic heterocycles. The molecular weight excluding hydrogens is 292 g/mol. The molecule has 6 nitrogen and oxygen atoms in total. The van der Waals surface area contributed by atoms with E-state index in [1.165, 1.54) is 0 Å². The second kappa shape index (κ2) is 6.29. The summed E-state index contributed by atoms with van der Waals surface area (Å²) in [7, 11) is 0. The predicted octanol–water partition coefficient (Wildman–Crippen LogP) is 2.76. The minimum Gasteiger partial charge on any atom is -0.380 e. The van der Waals surface area contributed by atoms with E-state index in [1.807, 2.05) is 29.2 Å². The molecule has 1 atom stereocenters. The van der Waals surface area contributed by atoms with Gasteiger partial charge in [0.1, 0.15) is 0 Å². The molecule has 2 aliphatic rings. The van der Waals surface area contributed by atoms with Gasteiger partial charge in [-0.05, 0) is 31.4 Å². The highest BCUT2D eigenvalue weighted by atomic mass is 16.7. The maximum atomic E-state index is 5.85. The van der Waals surface area contributed by atoms with E-state index in [1.54, 1.807) is 12.4 Å². The van der Waals surface area contributed by atoms with Gasteiger partial charge in [-0.1, -0.05) is 0 Å². The van der Waals surface area contributed by atoms with Crippen LogP contribution in [-0.2, 0) is 9.47 Å². The molecule has 1 spiro atoms. The fraction of sp³-hybridized carbons (Fsp3) is 0.529. The molecule has 4 rings (SSSR count). The molecule has 1 N–H and O–H groups in total. The largest absolute Gasteiger partial charge is 0.380 e. The fourth-order valence-electron chi connectivity index (χ4n) is 3.48. The van der Waals surface area contributed by atoms with Crippen molar-refractivity contribution in [2.24, 2.45) is 0 Å². The number of rotatable bonds is 3. The van der Waals surface area contributed by atoms with E-state index >= 15 is 0 Å². The van der Waals surface area contributed by atoms with Gasteiger partial charge in [-0.3, -0.25) is 4.98 Å². The molecule has 23 heavy (non-hydrogen) atoms. The van der Waals surface area contributed by atoms with Gasteiger partial charge in [-0.25, -0.2) is 4.68 Å². The SMILES string of the molecule is c1cc(-n2cc(NC3CCCC4(CC3)OCCO4)cn2)ccn1. The Morgan fingerprint density at radius 1 is 1.13 bits per heavy atom. The minimum atomic E-state index is -0.308. The van der Waals surface area contributed by atoms with Crippen molar-refractivity contribution in [1.29, 1.82) is 0 Å². The highest BCUT2D eigenvalue weighted by Gasteiger charge is 2.38. The standard InChI is InChI=1S/C17H22N4O2/c1-2-14(3-7-17(6-1)22-10-11-23-17)20-15-12-19-21(13-15)16-4-8-18-9-5-16/h4-5,8-9,12-14,20H,1-3,6-7,10-11H2. The van der Waals surface area contributed by atoms with Crippen LogP contribution in [0.25, 0.3) is 5.69 Å². The molecule has 0 amide bonds. The lowest BCUT2D eigenvalue weighted by Gasteiger charge is -2.25. The Morgan fingerprint density at radius 2 is 1.96 bits per heavy atom. The van der Waals surface area contributed by atoms with E-state index in [4.69, 9.17) is 9.47 Å². The van der Waals surface area contributed by atoms with Crippen LogP contribution in [0.3, 0.4) is 0 Å². The van der Waals surface area contributed by atoms with Crippen molar-refractivity contribution in [3.05, 3.63) is 36.9 Å². The summed E-state index contributed by atoms with van der Waals surface area (Å²) in [6.45, 7) is 1.47. The van der Waals surface area contributed by atoms with Crippen molar-refractivity contribution < 1.29 is 9.47 Å². The number of hydrogen-bond acceptors (Lipinski definition) is 5. The van der Waals surface area contributed by atoms with Crippen LogP contribution < -0.4 is 5.32 Å². The molecular formula is C17H22N4O2. The summed E-state index contributed by atoms with van der Waals surface area (Å²) in [6.07, 6.45) is 12.7. The van der Waals surface area contributed by atoms with E-state index in [2.05, 4.69) is 15.4 Å². The van der Waals surface area contributed by atoms with Crippen LogP contribution in [0.15, 0.2) is 36.9 Å². The number of pyridine rings is 1. The monoisotopic (exact) mass is 314 g/mol. The Morgan fingerprint density at radius 3 is 2.78 bits per heavy atom. The third kappa shape index (κ3) is 3.23. The summed E-state index contributed by atoms with van der Waals surface area (Å²) in [4.78, 5) is 4.04. The molecule has 1 saturated heterocycles. The number of ether oxygens (including phenoxy) is 2. The van der Waals surface area contributed by atoms with Gasteiger partial charge in [-0.2, -0.15) is 5.10 Å². The molecule has 1 saturated carbocycles. The third-order valence-electron chi connectivity index (χ3n) is 4.68. The summed E-state index contributed by atoms with van der Waals surface area (Å²) in [5, 5.41) is 8.03. The van der Waals surface area contributed by atoms with E-state index in [-0.39, 0.29) is 5.79 Å². The van der Waals surface area contributed by atoms with Crippen molar-refractivity contribution in [1.82, 2.24) is 14.8 Å². The van der Waals surface area contributed by atoms with E-state index in [0.717, 1.165) is 56.7 Å². The van der Waals surface area contributed by atoms with E-state index in [9.17, 15) is 0 Å². The third-order valence-corrected chi connectivity index (χ3v) is 4.68. The van der Waals surface area contributed by atoms with Gasteiger partial charge in [-0.15, -0.1) is 0 Å². The Kier molecular flexibility index (Phi) is 4.01. The van der Waals surface area contributed by atoms with Crippen molar-refractivity contribution >= 4 is 5.69 Å². The van der Waals surface area contributed by atoms with Crippen LogP contribution >= 0.6 is 0 Å². The molecule has 0 radical (unpaired) electrons. The highest BCUT2D eigenvalue weighted by molar-refractivity contribution is 5.42. The maximum Gasteiger partial charge on any atom is 0.168 e. The molecule has 2 fully saturated rings. The average molecular weight is 314 g/mol. The Bertz CT molecular complexity index is 637. The molecule has 2 aromatic heterocycles. The molecule has 1 aliphatic carbocycles. The van der Waals surface area contributed by atoms with Crippen molar-refractivity contribution in [2.45, 2.75) is 43.9 Å². The summed E-state index contributed by atoms with van der Waals surface area (Å²) < 4.78 is 13.6. The summed E-state index contributed by atoms with van der Waals surface area (Å²) >= 11 is 0. The topological polar surface area (TPSA) is 61.2 Å².